The van der Waals surface area contributed by atoms with Gasteiger partial charge in [-0.3, -0.25) is 10.1 Å². The number of benzene rings is 1. The Morgan fingerprint density at radius 2 is 2.09 bits per heavy atom. The molecule has 0 spiro atoms. The van der Waals surface area contributed by atoms with Gasteiger partial charge in [0.2, 0.25) is 0 Å². The number of amides is 1. The number of aryl methyl sites for hydroxylation is 1. The Labute approximate surface area is 128 Å². The van der Waals surface area contributed by atoms with Crippen molar-refractivity contribution in [3.63, 3.8) is 0 Å². The predicted octanol–water partition coefficient (Wildman–Crippen LogP) is 3.06. The van der Waals surface area contributed by atoms with Gasteiger partial charge in [-0.15, -0.1) is 0 Å². The van der Waals surface area contributed by atoms with Crippen molar-refractivity contribution in [1.29, 1.82) is 0 Å². The maximum Gasteiger partial charge on any atom is 0.408 e. The van der Waals surface area contributed by atoms with E-state index in [4.69, 9.17) is 4.74 Å². The van der Waals surface area contributed by atoms with Crippen molar-refractivity contribution < 1.29 is 19.2 Å². The fourth-order valence-corrected chi connectivity index (χ4v) is 1.86. The third-order valence-electron chi connectivity index (χ3n) is 2.86. The number of nitro groups is 1. The number of alkyl carbamates (subject to hydrolysis) is 1. The zero-order valence-electron chi connectivity index (χ0n) is 13.1. The van der Waals surface area contributed by atoms with Gasteiger partial charge in [-0.05, 0) is 33.3 Å². The summed E-state index contributed by atoms with van der Waals surface area (Å²) >= 11 is 0. The minimum atomic E-state index is -0.678. The molecular weight excluding hydrogens is 288 g/mol. The largest absolute Gasteiger partial charge is 0.444 e. The molecule has 1 atom stereocenters. The highest BCUT2D eigenvalue weighted by Gasteiger charge is 2.22. The summed E-state index contributed by atoms with van der Waals surface area (Å²) in [5.74, 6) is 0. The highest BCUT2D eigenvalue weighted by Crippen LogP contribution is 2.25. The lowest BCUT2D eigenvalue weighted by atomic mass is 10.0. The third-order valence-corrected chi connectivity index (χ3v) is 2.86. The van der Waals surface area contributed by atoms with Gasteiger partial charge >= 0.3 is 6.09 Å². The molecule has 0 radical (unpaired) electrons. The fourth-order valence-electron chi connectivity index (χ4n) is 1.86. The van der Waals surface area contributed by atoms with Crippen LogP contribution in [0.15, 0.2) is 18.2 Å². The van der Waals surface area contributed by atoms with Crippen LogP contribution < -0.4 is 5.32 Å². The molecule has 0 unspecified atom stereocenters. The van der Waals surface area contributed by atoms with Crippen molar-refractivity contribution in [2.24, 2.45) is 0 Å². The monoisotopic (exact) mass is 308 g/mol. The molecule has 0 bridgehead atoms. The molecule has 1 N–H and O–H groups in total. The SMILES string of the molecule is Cc1ccc([C@H](CC=O)NC(=O)OC(C)(C)C)cc1[N+](=O)[O-]. The zero-order chi connectivity index (χ0) is 16.9. The van der Waals surface area contributed by atoms with Crippen LogP contribution in [0.4, 0.5) is 10.5 Å². The summed E-state index contributed by atoms with van der Waals surface area (Å²) in [5.41, 5.74) is 0.264. The number of ether oxygens (including phenoxy) is 1. The van der Waals surface area contributed by atoms with E-state index in [1.807, 2.05) is 0 Å². The second-order valence-electron chi connectivity index (χ2n) is 5.90. The summed E-state index contributed by atoms with van der Waals surface area (Å²) in [6.45, 7) is 6.78. The number of carbonyl (C=O) groups excluding carboxylic acids is 2. The summed E-state index contributed by atoms with van der Waals surface area (Å²) < 4.78 is 5.14. The van der Waals surface area contributed by atoms with E-state index in [1.54, 1.807) is 39.8 Å². The number of nitrogens with one attached hydrogen (secondary N) is 1. The van der Waals surface area contributed by atoms with Crippen molar-refractivity contribution in [3.8, 4) is 0 Å². The Bertz CT molecular complexity index is 578. The zero-order valence-corrected chi connectivity index (χ0v) is 13.1. The summed E-state index contributed by atoms with van der Waals surface area (Å²) in [6, 6.07) is 3.92. The van der Waals surface area contributed by atoms with Crippen molar-refractivity contribution in [1.82, 2.24) is 5.32 Å². The topological polar surface area (TPSA) is 98.5 Å². The maximum atomic E-state index is 11.8. The summed E-state index contributed by atoms with van der Waals surface area (Å²) in [6.07, 6.45) is -0.0322. The number of aldehydes is 1. The first-order valence-corrected chi connectivity index (χ1v) is 6.82. The number of nitro benzene ring substituents is 1. The first-order chi connectivity index (χ1) is 10.1. The molecule has 7 nitrogen and oxygen atoms in total. The molecule has 0 saturated heterocycles. The van der Waals surface area contributed by atoms with E-state index in [2.05, 4.69) is 5.32 Å². The highest BCUT2D eigenvalue weighted by atomic mass is 16.6. The second-order valence-corrected chi connectivity index (χ2v) is 5.90. The number of hydrogen-bond donors (Lipinski definition) is 1. The first kappa shape index (κ1) is 17.6. The van der Waals surface area contributed by atoms with Crippen LogP contribution in [-0.2, 0) is 9.53 Å². The van der Waals surface area contributed by atoms with Gasteiger partial charge in [0.15, 0.2) is 0 Å². The van der Waals surface area contributed by atoms with Gasteiger partial charge in [-0.1, -0.05) is 12.1 Å². The van der Waals surface area contributed by atoms with Gasteiger partial charge in [0.1, 0.15) is 11.9 Å². The molecule has 0 aromatic heterocycles. The van der Waals surface area contributed by atoms with Crippen molar-refractivity contribution in [3.05, 3.63) is 39.4 Å². The number of hydrogen-bond acceptors (Lipinski definition) is 5. The fraction of sp³-hybridized carbons (Fsp3) is 0.467. The van der Waals surface area contributed by atoms with Crippen LogP contribution in [0.5, 0.6) is 0 Å². The van der Waals surface area contributed by atoms with Crippen LogP contribution in [-0.4, -0.2) is 22.9 Å². The normalized spacial score (nSPS) is 12.4. The van der Waals surface area contributed by atoms with Crippen LogP contribution >= 0.6 is 0 Å². The lowest BCUT2D eigenvalue weighted by molar-refractivity contribution is -0.385. The minimum Gasteiger partial charge on any atom is -0.444 e. The summed E-state index contributed by atoms with van der Waals surface area (Å²) in [4.78, 5) is 33.1. The molecule has 0 aliphatic heterocycles. The standard InChI is InChI=1S/C15H20N2O5/c1-10-5-6-11(9-13(10)17(20)21)12(7-8-18)16-14(19)22-15(2,3)4/h5-6,8-9,12H,7H2,1-4H3,(H,16,19)/t12-/m0/s1. The van der Waals surface area contributed by atoms with Gasteiger partial charge in [0.05, 0.1) is 11.0 Å². The summed E-state index contributed by atoms with van der Waals surface area (Å²) in [5, 5.41) is 13.5. The van der Waals surface area contributed by atoms with Gasteiger partial charge in [0.25, 0.3) is 5.69 Å². The Morgan fingerprint density at radius 1 is 1.45 bits per heavy atom. The van der Waals surface area contributed by atoms with E-state index in [0.717, 1.165) is 0 Å². The van der Waals surface area contributed by atoms with E-state index in [1.165, 1.54) is 6.07 Å². The van der Waals surface area contributed by atoms with Crippen molar-refractivity contribution >= 4 is 18.1 Å². The molecule has 120 valence electrons. The van der Waals surface area contributed by atoms with Gasteiger partial charge in [0, 0.05) is 18.1 Å². The highest BCUT2D eigenvalue weighted by molar-refractivity contribution is 5.69. The Hall–Kier alpha value is -2.44. The average molecular weight is 308 g/mol. The molecule has 1 rings (SSSR count). The number of carbonyl (C=O) groups is 2. The van der Waals surface area contributed by atoms with Crippen molar-refractivity contribution in [2.75, 3.05) is 0 Å². The van der Waals surface area contributed by atoms with Gasteiger partial charge in [-0.25, -0.2) is 4.79 Å². The Balaban J connectivity index is 3.00. The molecule has 1 aromatic carbocycles. The molecule has 0 saturated carbocycles. The van der Waals surface area contributed by atoms with Gasteiger partial charge < -0.3 is 14.8 Å². The van der Waals surface area contributed by atoms with Crippen LogP contribution in [0, 0.1) is 17.0 Å². The molecule has 0 fully saturated rings. The third kappa shape index (κ3) is 5.16. The van der Waals surface area contributed by atoms with E-state index < -0.39 is 22.7 Å². The summed E-state index contributed by atoms with van der Waals surface area (Å²) in [7, 11) is 0. The molecular formula is C15H20N2O5. The minimum absolute atomic E-state index is 0.000538. The first-order valence-electron chi connectivity index (χ1n) is 6.82. The smallest absolute Gasteiger partial charge is 0.408 e. The predicted molar refractivity (Wildman–Crippen MR) is 80.6 cm³/mol. The molecule has 22 heavy (non-hydrogen) atoms. The molecule has 1 aromatic rings. The Kier molecular flexibility index (Phi) is 5.62. The van der Waals surface area contributed by atoms with Gasteiger partial charge in [-0.2, -0.15) is 0 Å². The molecule has 0 aliphatic carbocycles. The van der Waals surface area contributed by atoms with Crippen molar-refractivity contribution in [2.45, 2.75) is 45.8 Å². The quantitative estimate of drug-likeness (QED) is 0.512. The molecule has 1 amide bonds. The van der Waals surface area contributed by atoms with Crippen LogP contribution in [0.25, 0.3) is 0 Å². The van der Waals surface area contributed by atoms with E-state index in [-0.39, 0.29) is 12.1 Å². The molecule has 7 heteroatoms. The van der Waals surface area contributed by atoms with E-state index in [0.29, 0.717) is 17.4 Å². The van der Waals surface area contributed by atoms with E-state index >= 15 is 0 Å². The van der Waals surface area contributed by atoms with E-state index in [9.17, 15) is 19.7 Å². The van der Waals surface area contributed by atoms with Crippen LogP contribution in [0.3, 0.4) is 0 Å². The average Bonchev–Trinajstić information content (AvgIpc) is 2.36. The molecule has 0 heterocycles. The lowest BCUT2D eigenvalue weighted by Crippen LogP contribution is -2.35. The number of nitrogens with zero attached hydrogens (tertiary/aromatic N) is 1. The van der Waals surface area contributed by atoms with Crippen LogP contribution in [0.1, 0.15) is 44.4 Å². The lowest BCUT2D eigenvalue weighted by Gasteiger charge is -2.23. The second kappa shape index (κ2) is 7.02. The number of rotatable bonds is 5. The Morgan fingerprint density at radius 3 is 2.59 bits per heavy atom. The van der Waals surface area contributed by atoms with Crippen LogP contribution in [0.2, 0.25) is 0 Å². The maximum absolute atomic E-state index is 11.8. The molecule has 0 aliphatic rings.